The average molecular weight is 382 g/mol. The van der Waals surface area contributed by atoms with Gasteiger partial charge < -0.3 is 20.5 Å². The first kappa shape index (κ1) is 19.4. The summed E-state index contributed by atoms with van der Waals surface area (Å²) in [6.07, 6.45) is -0.466. The summed E-state index contributed by atoms with van der Waals surface area (Å²) in [5.74, 6) is -1.76. The Morgan fingerprint density at radius 3 is 2.14 bits per heavy atom. The van der Waals surface area contributed by atoms with E-state index in [-0.39, 0.29) is 25.5 Å². The SMILES string of the molecule is CC[C@H](NC(=O)CNC(=O)OCC1c2ccccc2-c2ccccc21)C(=O)O. The molecule has 1 atom stereocenters. The van der Waals surface area contributed by atoms with Crippen LogP contribution in [0.1, 0.15) is 30.4 Å². The highest BCUT2D eigenvalue weighted by Crippen LogP contribution is 2.44. The number of carboxylic acid groups (broad SMARTS) is 1. The molecule has 0 aliphatic heterocycles. The van der Waals surface area contributed by atoms with Gasteiger partial charge in [-0.25, -0.2) is 9.59 Å². The van der Waals surface area contributed by atoms with Crippen molar-refractivity contribution in [1.29, 1.82) is 0 Å². The zero-order valence-electron chi connectivity index (χ0n) is 15.5. The molecule has 0 heterocycles. The minimum absolute atomic E-state index is 0.0662. The van der Waals surface area contributed by atoms with Crippen LogP contribution in [0.5, 0.6) is 0 Å². The van der Waals surface area contributed by atoms with Crippen LogP contribution in [0.25, 0.3) is 11.1 Å². The number of hydrogen-bond acceptors (Lipinski definition) is 4. The lowest BCUT2D eigenvalue weighted by atomic mass is 9.98. The number of benzene rings is 2. The standard InChI is InChI=1S/C21H22N2O5/c1-2-18(20(25)26)23-19(24)11-22-21(27)28-12-17-15-9-5-3-7-13(15)14-8-4-6-10-16(14)17/h3-10,17-18H,2,11-12H2,1H3,(H,22,27)(H,23,24)(H,25,26)/t18-/m0/s1. The van der Waals surface area contributed by atoms with E-state index < -0.39 is 24.0 Å². The highest BCUT2D eigenvalue weighted by molar-refractivity contribution is 5.86. The first-order valence-electron chi connectivity index (χ1n) is 9.12. The van der Waals surface area contributed by atoms with Crippen molar-refractivity contribution in [3.8, 4) is 11.1 Å². The topological polar surface area (TPSA) is 105 Å². The van der Waals surface area contributed by atoms with Gasteiger partial charge in [0, 0.05) is 5.92 Å². The predicted molar refractivity (Wildman–Crippen MR) is 103 cm³/mol. The number of aliphatic carboxylic acids is 1. The number of nitrogens with one attached hydrogen (secondary N) is 2. The summed E-state index contributed by atoms with van der Waals surface area (Å²) < 4.78 is 5.32. The van der Waals surface area contributed by atoms with E-state index in [0.29, 0.717) is 0 Å². The fraction of sp³-hybridized carbons (Fsp3) is 0.286. The third-order valence-corrected chi connectivity index (χ3v) is 4.78. The minimum Gasteiger partial charge on any atom is -0.480 e. The van der Waals surface area contributed by atoms with Crippen LogP contribution in [0.2, 0.25) is 0 Å². The Kier molecular flexibility index (Phi) is 5.93. The van der Waals surface area contributed by atoms with Gasteiger partial charge in [0.1, 0.15) is 19.2 Å². The van der Waals surface area contributed by atoms with Crippen LogP contribution in [0, 0.1) is 0 Å². The molecule has 1 aliphatic carbocycles. The van der Waals surface area contributed by atoms with Crippen molar-refractivity contribution in [1.82, 2.24) is 10.6 Å². The zero-order chi connectivity index (χ0) is 20.1. The highest BCUT2D eigenvalue weighted by atomic mass is 16.5. The molecule has 0 unspecified atom stereocenters. The van der Waals surface area contributed by atoms with Crippen LogP contribution in [-0.4, -0.2) is 42.3 Å². The number of ether oxygens (including phenoxy) is 1. The van der Waals surface area contributed by atoms with Crippen molar-refractivity contribution in [2.24, 2.45) is 0 Å². The van der Waals surface area contributed by atoms with Crippen LogP contribution in [0.3, 0.4) is 0 Å². The van der Waals surface area contributed by atoms with Gasteiger partial charge >= 0.3 is 12.1 Å². The van der Waals surface area contributed by atoms with E-state index in [4.69, 9.17) is 9.84 Å². The molecule has 0 fully saturated rings. The van der Waals surface area contributed by atoms with Crippen LogP contribution >= 0.6 is 0 Å². The lowest BCUT2D eigenvalue weighted by Gasteiger charge is -2.15. The first-order chi connectivity index (χ1) is 13.5. The number of fused-ring (bicyclic) bond motifs is 3. The molecule has 3 N–H and O–H groups in total. The van der Waals surface area contributed by atoms with Crippen LogP contribution in [0.15, 0.2) is 48.5 Å². The quantitative estimate of drug-likeness (QED) is 0.682. The van der Waals surface area contributed by atoms with Crippen molar-refractivity contribution in [2.45, 2.75) is 25.3 Å². The van der Waals surface area contributed by atoms with E-state index in [1.165, 1.54) is 0 Å². The molecule has 0 radical (unpaired) electrons. The molecule has 28 heavy (non-hydrogen) atoms. The van der Waals surface area contributed by atoms with Gasteiger partial charge in [-0.1, -0.05) is 55.5 Å². The summed E-state index contributed by atoms with van der Waals surface area (Å²) in [6.45, 7) is 1.45. The van der Waals surface area contributed by atoms with E-state index in [1.54, 1.807) is 6.92 Å². The maximum absolute atomic E-state index is 12.0. The molecule has 7 heteroatoms. The van der Waals surface area contributed by atoms with Crippen molar-refractivity contribution in [3.05, 3.63) is 59.7 Å². The average Bonchev–Trinajstić information content (AvgIpc) is 3.02. The Labute approximate surface area is 162 Å². The molecule has 2 aromatic carbocycles. The van der Waals surface area contributed by atoms with E-state index >= 15 is 0 Å². The molecule has 2 amide bonds. The van der Waals surface area contributed by atoms with Gasteiger partial charge in [0.15, 0.2) is 0 Å². The number of rotatable bonds is 7. The molecule has 3 rings (SSSR count). The third kappa shape index (κ3) is 4.14. The number of carboxylic acids is 1. The van der Waals surface area contributed by atoms with Gasteiger partial charge in [0.05, 0.1) is 0 Å². The van der Waals surface area contributed by atoms with E-state index in [2.05, 4.69) is 10.6 Å². The summed E-state index contributed by atoms with van der Waals surface area (Å²) in [5, 5.41) is 13.6. The van der Waals surface area contributed by atoms with Gasteiger partial charge in [0.2, 0.25) is 5.91 Å². The van der Waals surface area contributed by atoms with Gasteiger partial charge in [-0.2, -0.15) is 0 Å². The van der Waals surface area contributed by atoms with E-state index in [1.807, 2.05) is 48.5 Å². The van der Waals surface area contributed by atoms with Crippen molar-refractivity contribution in [3.63, 3.8) is 0 Å². The second-order valence-electron chi connectivity index (χ2n) is 6.55. The first-order valence-corrected chi connectivity index (χ1v) is 9.12. The predicted octanol–water partition coefficient (Wildman–Crippen LogP) is 2.50. The fourth-order valence-electron chi connectivity index (χ4n) is 3.39. The summed E-state index contributed by atoms with van der Waals surface area (Å²) >= 11 is 0. The Hall–Kier alpha value is -3.35. The molecule has 0 saturated carbocycles. The summed E-state index contributed by atoms with van der Waals surface area (Å²) in [4.78, 5) is 34.7. The van der Waals surface area contributed by atoms with E-state index in [0.717, 1.165) is 22.3 Å². The molecule has 0 aromatic heterocycles. The largest absolute Gasteiger partial charge is 0.480 e. The third-order valence-electron chi connectivity index (χ3n) is 4.78. The molecular weight excluding hydrogens is 360 g/mol. The fourth-order valence-corrected chi connectivity index (χ4v) is 3.39. The molecule has 1 aliphatic rings. The van der Waals surface area contributed by atoms with Crippen molar-refractivity contribution < 1.29 is 24.2 Å². The van der Waals surface area contributed by atoms with E-state index in [9.17, 15) is 14.4 Å². The molecule has 2 aromatic rings. The summed E-state index contributed by atoms with van der Waals surface area (Å²) in [5.41, 5.74) is 4.46. The number of alkyl carbamates (subject to hydrolysis) is 1. The summed E-state index contributed by atoms with van der Waals surface area (Å²) in [7, 11) is 0. The normalized spacial score (nSPS) is 13.2. The monoisotopic (exact) mass is 382 g/mol. The Morgan fingerprint density at radius 2 is 1.61 bits per heavy atom. The number of hydrogen-bond donors (Lipinski definition) is 3. The second kappa shape index (κ2) is 8.56. The molecule has 7 nitrogen and oxygen atoms in total. The van der Waals surface area contributed by atoms with Gasteiger partial charge in [-0.3, -0.25) is 4.79 Å². The Balaban J connectivity index is 1.55. The lowest BCUT2D eigenvalue weighted by Crippen LogP contribution is -2.45. The van der Waals surface area contributed by atoms with Crippen LogP contribution in [-0.2, 0) is 14.3 Å². The maximum Gasteiger partial charge on any atom is 0.407 e. The number of carbonyl (C=O) groups is 3. The van der Waals surface area contributed by atoms with Gasteiger partial charge in [0.25, 0.3) is 0 Å². The number of carbonyl (C=O) groups excluding carboxylic acids is 2. The van der Waals surface area contributed by atoms with Crippen LogP contribution in [0.4, 0.5) is 4.79 Å². The van der Waals surface area contributed by atoms with Crippen molar-refractivity contribution >= 4 is 18.0 Å². The smallest absolute Gasteiger partial charge is 0.407 e. The second-order valence-corrected chi connectivity index (χ2v) is 6.55. The highest BCUT2D eigenvalue weighted by Gasteiger charge is 2.29. The maximum atomic E-state index is 12.0. The molecule has 0 saturated heterocycles. The molecule has 0 spiro atoms. The van der Waals surface area contributed by atoms with Gasteiger partial charge in [-0.15, -0.1) is 0 Å². The summed E-state index contributed by atoms with van der Waals surface area (Å²) in [6, 6.07) is 15.0. The minimum atomic E-state index is -1.11. The zero-order valence-corrected chi connectivity index (χ0v) is 15.5. The number of amides is 2. The lowest BCUT2D eigenvalue weighted by molar-refractivity contribution is -0.141. The molecule has 0 bridgehead atoms. The Bertz CT molecular complexity index is 850. The van der Waals surface area contributed by atoms with Gasteiger partial charge in [-0.05, 0) is 28.7 Å². The molecule has 146 valence electrons. The van der Waals surface area contributed by atoms with Crippen molar-refractivity contribution in [2.75, 3.05) is 13.2 Å². The molecular formula is C21H22N2O5. The van der Waals surface area contributed by atoms with Crippen LogP contribution < -0.4 is 10.6 Å². The Morgan fingerprint density at radius 1 is 1.04 bits per heavy atom.